The number of carboxylic acid groups (broad SMARTS) is 1. The summed E-state index contributed by atoms with van der Waals surface area (Å²) >= 11 is 0. The van der Waals surface area contributed by atoms with Gasteiger partial charge in [0, 0.05) is 12.8 Å². The molecule has 7 nitrogen and oxygen atoms in total. The average Bonchev–Trinajstić information content (AvgIpc) is 2.65. The first kappa shape index (κ1) is 12.2. The topological polar surface area (TPSA) is 105 Å². The molecule has 0 spiro atoms. The Labute approximate surface area is 91.8 Å². The molecule has 0 saturated heterocycles. The van der Waals surface area contributed by atoms with Crippen molar-refractivity contribution in [1.29, 1.82) is 0 Å². The average molecular weight is 227 g/mol. The number of hydrogen-bond acceptors (Lipinski definition) is 5. The number of rotatable bonds is 6. The molecule has 0 aliphatic carbocycles. The Morgan fingerprint density at radius 1 is 1.56 bits per heavy atom. The van der Waals surface area contributed by atoms with Crippen molar-refractivity contribution >= 4 is 11.9 Å². The fraction of sp³-hybridized carbons (Fsp3) is 0.556. The number of aliphatic carboxylic acids is 1. The van der Waals surface area contributed by atoms with Crippen LogP contribution in [0.25, 0.3) is 0 Å². The zero-order chi connectivity index (χ0) is 12.0. The van der Waals surface area contributed by atoms with Gasteiger partial charge in [-0.2, -0.15) is 4.98 Å². The van der Waals surface area contributed by atoms with Crippen LogP contribution in [0.1, 0.15) is 25.6 Å². The molecule has 0 aliphatic rings. The Morgan fingerprint density at radius 3 is 2.88 bits per heavy atom. The first-order valence-corrected chi connectivity index (χ1v) is 4.81. The molecule has 2 N–H and O–H groups in total. The van der Waals surface area contributed by atoms with E-state index in [0.717, 1.165) is 0 Å². The van der Waals surface area contributed by atoms with Gasteiger partial charge in [-0.3, -0.25) is 9.59 Å². The Balaban J connectivity index is 2.23. The Hall–Kier alpha value is -1.92. The minimum atomic E-state index is -0.904. The number of carboxylic acids is 1. The molecule has 0 bridgehead atoms. The highest BCUT2D eigenvalue weighted by atomic mass is 16.5. The van der Waals surface area contributed by atoms with E-state index < -0.39 is 5.97 Å². The quantitative estimate of drug-likeness (QED) is 0.718. The van der Waals surface area contributed by atoms with Gasteiger partial charge in [-0.15, -0.1) is 0 Å². The van der Waals surface area contributed by atoms with Crippen LogP contribution in [-0.2, 0) is 16.1 Å². The first-order valence-electron chi connectivity index (χ1n) is 4.81. The number of amides is 1. The lowest BCUT2D eigenvalue weighted by molar-refractivity contribution is -0.138. The molecule has 88 valence electrons. The van der Waals surface area contributed by atoms with E-state index in [9.17, 15) is 9.59 Å². The minimum Gasteiger partial charge on any atom is -0.481 e. The van der Waals surface area contributed by atoms with E-state index in [-0.39, 0.29) is 31.2 Å². The summed E-state index contributed by atoms with van der Waals surface area (Å²) < 4.78 is 4.49. The van der Waals surface area contributed by atoms with Crippen molar-refractivity contribution in [2.75, 3.05) is 0 Å². The van der Waals surface area contributed by atoms with Gasteiger partial charge in [0.1, 0.15) is 0 Å². The fourth-order valence-electron chi connectivity index (χ4n) is 1.21. The summed E-state index contributed by atoms with van der Waals surface area (Å²) in [5.41, 5.74) is 0. The van der Waals surface area contributed by atoms with E-state index in [1.807, 2.05) is 0 Å². The van der Waals surface area contributed by atoms with E-state index in [4.69, 9.17) is 5.11 Å². The number of carbonyl (C=O) groups excluding carboxylic acids is 1. The van der Waals surface area contributed by atoms with Crippen LogP contribution in [0.2, 0.25) is 0 Å². The Bertz CT molecular complexity index is 350. The van der Waals surface area contributed by atoms with E-state index in [0.29, 0.717) is 5.82 Å². The predicted octanol–water partition coefficient (Wildman–Crippen LogP) is 0.187. The van der Waals surface area contributed by atoms with Gasteiger partial charge >= 0.3 is 5.97 Å². The SMILES string of the molecule is CC(CC(=O)O)CC(=O)NCc1ncon1. The number of nitrogens with zero attached hydrogens (tertiary/aromatic N) is 2. The summed E-state index contributed by atoms with van der Waals surface area (Å²) in [4.78, 5) is 25.4. The van der Waals surface area contributed by atoms with E-state index in [1.165, 1.54) is 6.39 Å². The Morgan fingerprint density at radius 2 is 2.31 bits per heavy atom. The van der Waals surface area contributed by atoms with Gasteiger partial charge in [0.05, 0.1) is 6.54 Å². The van der Waals surface area contributed by atoms with Crippen molar-refractivity contribution < 1.29 is 19.2 Å². The van der Waals surface area contributed by atoms with Crippen molar-refractivity contribution in [2.24, 2.45) is 5.92 Å². The highest BCUT2D eigenvalue weighted by molar-refractivity contribution is 5.77. The predicted molar refractivity (Wildman–Crippen MR) is 52.2 cm³/mol. The summed E-state index contributed by atoms with van der Waals surface area (Å²) in [6, 6.07) is 0. The number of carbonyl (C=O) groups is 2. The number of hydrogen-bond donors (Lipinski definition) is 2. The normalized spacial score (nSPS) is 12.1. The lowest BCUT2D eigenvalue weighted by Crippen LogP contribution is -2.25. The summed E-state index contributed by atoms with van der Waals surface area (Å²) in [7, 11) is 0. The van der Waals surface area contributed by atoms with Crippen LogP contribution in [0, 0.1) is 5.92 Å². The maximum atomic E-state index is 11.3. The van der Waals surface area contributed by atoms with Crippen LogP contribution in [0.15, 0.2) is 10.9 Å². The lowest BCUT2D eigenvalue weighted by atomic mass is 10.0. The Kier molecular flexibility index (Phi) is 4.43. The molecule has 16 heavy (non-hydrogen) atoms. The molecule has 1 rings (SSSR count). The van der Waals surface area contributed by atoms with Crippen LogP contribution in [0.4, 0.5) is 0 Å². The van der Waals surface area contributed by atoms with Gasteiger partial charge in [-0.05, 0) is 5.92 Å². The van der Waals surface area contributed by atoms with Crippen LogP contribution >= 0.6 is 0 Å². The molecule has 1 aromatic rings. The molecule has 1 heterocycles. The fourth-order valence-corrected chi connectivity index (χ4v) is 1.21. The van der Waals surface area contributed by atoms with E-state index in [1.54, 1.807) is 6.92 Å². The van der Waals surface area contributed by atoms with Crippen LogP contribution in [0.5, 0.6) is 0 Å². The van der Waals surface area contributed by atoms with Crippen molar-refractivity contribution in [3.05, 3.63) is 12.2 Å². The van der Waals surface area contributed by atoms with Gasteiger partial charge in [-0.25, -0.2) is 0 Å². The third-order valence-electron chi connectivity index (χ3n) is 1.91. The largest absolute Gasteiger partial charge is 0.481 e. The van der Waals surface area contributed by atoms with Crippen molar-refractivity contribution in [3.8, 4) is 0 Å². The zero-order valence-electron chi connectivity index (χ0n) is 8.84. The van der Waals surface area contributed by atoms with Crippen molar-refractivity contribution in [2.45, 2.75) is 26.3 Å². The van der Waals surface area contributed by atoms with Crippen molar-refractivity contribution in [3.63, 3.8) is 0 Å². The standard InChI is InChI=1S/C9H13N3O4/c1-6(3-9(14)15)2-8(13)10-4-7-11-5-16-12-7/h5-6H,2-4H2,1H3,(H,10,13)(H,14,15). The van der Waals surface area contributed by atoms with E-state index in [2.05, 4.69) is 20.0 Å². The molecule has 1 atom stereocenters. The summed E-state index contributed by atoms with van der Waals surface area (Å²) in [6.45, 7) is 1.90. The number of nitrogens with one attached hydrogen (secondary N) is 1. The zero-order valence-corrected chi connectivity index (χ0v) is 8.84. The monoisotopic (exact) mass is 227 g/mol. The van der Waals surface area contributed by atoms with Gasteiger partial charge in [0.25, 0.3) is 0 Å². The first-order chi connectivity index (χ1) is 7.58. The van der Waals surface area contributed by atoms with Crippen molar-refractivity contribution in [1.82, 2.24) is 15.5 Å². The molecule has 1 unspecified atom stereocenters. The second-order valence-electron chi connectivity index (χ2n) is 3.53. The molecular weight excluding hydrogens is 214 g/mol. The molecule has 0 fully saturated rings. The maximum Gasteiger partial charge on any atom is 0.303 e. The molecule has 1 aromatic heterocycles. The van der Waals surface area contributed by atoms with Gasteiger partial charge in [-0.1, -0.05) is 12.1 Å². The molecule has 7 heteroatoms. The third kappa shape index (κ3) is 4.54. The van der Waals surface area contributed by atoms with Gasteiger partial charge in [0.15, 0.2) is 5.82 Å². The van der Waals surface area contributed by atoms with Crippen LogP contribution in [-0.4, -0.2) is 27.1 Å². The summed E-state index contributed by atoms with van der Waals surface area (Å²) in [6.07, 6.45) is 1.33. The van der Waals surface area contributed by atoms with Crippen LogP contribution < -0.4 is 5.32 Å². The molecule has 0 saturated carbocycles. The van der Waals surface area contributed by atoms with Gasteiger partial charge < -0.3 is 14.9 Å². The molecule has 0 aromatic carbocycles. The lowest BCUT2D eigenvalue weighted by Gasteiger charge is -2.07. The molecule has 0 radical (unpaired) electrons. The minimum absolute atomic E-state index is 0.0182. The molecular formula is C9H13N3O4. The molecule has 1 amide bonds. The summed E-state index contributed by atoms with van der Waals surface area (Å²) in [5, 5.41) is 14.6. The smallest absolute Gasteiger partial charge is 0.303 e. The summed E-state index contributed by atoms with van der Waals surface area (Å²) in [5.74, 6) is -0.931. The van der Waals surface area contributed by atoms with E-state index >= 15 is 0 Å². The molecule has 0 aliphatic heterocycles. The third-order valence-corrected chi connectivity index (χ3v) is 1.91. The second kappa shape index (κ2) is 5.84. The highest BCUT2D eigenvalue weighted by Gasteiger charge is 2.12. The highest BCUT2D eigenvalue weighted by Crippen LogP contribution is 2.06. The van der Waals surface area contributed by atoms with Crippen LogP contribution in [0.3, 0.4) is 0 Å². The number of aromatic nitrogens is 2. The maximum absolute atomic E-state index is 11.3. The van der Waals surface area contributed by atoms with Gasteiger partial charge in [0.2, 0.25) is 12.3 Å². The second-order valence-corrected chi connectivity index (χ2v) is 3.53.